The second kappa shape index (κ2) is 7.19. The Morgan fingerprint density at radius 1 is 0.655 bits per heavy atom. The number of nitrogens with zero attached hydrogens (tertiary/aromatic N) is 2. The molecule has 0 bridgehead atoms. The first-order chi connectivity index (χ1) is 13.6. The normalized spacial score (nSPS) is 20.5. The van der Waals surface area contributed by atoms with Crippen LogP contribution in [0.4, 0.5) is 0 Å². The molecule has 0 radical (unpaired) electrons. The van der Waals surface area contributed by atoms with Crippen LogP contribution >= 0.6 is 0 Å². The van der Waals surface area contributed by atoms with Gasteiger partial charge < -0.3 is 0 Å². The van der Waals surface area contributed by atoms with Crippen LogP contribution in [0.1, 0.15) is 24.0 Å². The van der Waals surface area contributed by atoms with Crippen molar-refractivity contribution >= 4 is 20.0 Å². The summed E-state index contributed by atoms with van der Waals surface area (Å²) in [4.78, 5) is 0.516. The zero-order chi connectivity index (χ0) is 20.9. The molecule has 0 unspecified atom stereocenters. The van der Waals surface area contributed by atoms with Gasteiger partial charge in [0, 0.05) is 26.2 Å². The molecule has 2 aliphatic rings. The summed E-state index contributed by atoms with van der Waals surface area (Å²) in [5, 5.41) is 0. The first-order valence-corrected chi connectivity index (χ1v) is 12.6. The zero-order valence-electron chi connectivity index (χ0n) is 16.7. The fourth-order valence-electron chi connectivity index (χ4n) is 3.80. The molecule has 2 aromatic rings. The summed E-state index contributed by atoms with van der Waals surface area (Å²) in [7, 11) is -7.32. The van der Waals surface area contributed by atoms with E-state index in [1.165, 1.54) is 8.61 Å². The highest BCUT2D eigenvalue weighted by Crippen LogP contribution is 2.49. The predicted molar refractivity (Wildman–Crippen MR) is 112 cm³/mol. The quantitative estimate of drug-likeness (QED) is 0.742. The van der Waals surface area contributed by atoms with Crippen molar-refractivity contribution in [1.82, 2.24) is 8.61 Å². The Hall–Kier alpha value is -1.74. The van der Waals surface area contributed by atoms with Crippen molar-refractivity contribution in [2.45, 2.75) is 36.5 Å². The second-order valence-electron chi connectivity index (χ2n) is 8.30. The van der Waals surface area contributed by atoms with Crippen molar-refractivity contribution in [3.8, 4) is 0 Å². The lowest BCUT2D eigenvalue weighted by Crippen LogP contribution is -2.37. The van der Waals surface area contributed by atoms with Crippen molar-refractivity contribution in [1.29, 1.82) is 0 Å². The Bertz CT molecular complexity index is 1020. The summed E-state index contributed by atoms with van der Waals surface area (Å²) in [5.41, 5.74) is 1.70. The maximum Gasteiger partial charge on any atom is 0.243 e. The molecule has 0 atom stereocenters. The lowest BCUT2D eigenvalue weighted by atomic mass is 10.1. The Kier molecular flexibility index (Phi) is 5.09. The average Bonchev–Trinajstić information content (AvgIpc) is 3.47. The number of rotatable bonds is 4. The summed E-state index contributed by atoms with van der Waals surface area (Å²) >= 11 is 0. The molecule has 8 heteroatoms. The maximum atomic E-state index is 13.2. The molecule has 1 heterocycles. The zero-order valence-corrected chi connectivity index (χ0v) is 18.3. The van der Waals surface area contributed by atoms with E-state index in [4.69, 9.17) is 0 Å². The van der Waals surface area contributed by atoms with Crippen LogP contribution in [0.25, 0.3) is 0 Å². The molecule has 1 spiro atoms. The number of sulfonamides is 2. The third-order valence-corrected chi connectivity index (χ3v) is 9.62. The van der Waals surface area contributed by atoms with Gasteiger partial charge in [-0.15, -0.1) is 0 Å². The highest BCUT2D eigenvalue weighted by Gasteiger charge is 2.50. The molecule has 1 saturated carbocycles. The van der Waals surface area contributed by atoms with Crippen LogP contribution in [0.5, 0.6) is 0 Å². The Labute approximate surface area is 173 Å². The third-order valence-electron chi connectivity index (χ3n) is 5.90. The topological polar surface area (TPSA) is 74.8 Å². The molecular formula is C21H26N2O4S2. The molecule has 0 amide bonds. The van der Waals surface area contributed by atoms with Gasteiger partial charge in [-0.25, -0.2) is 16.8 Å². The van der Waals surface area contributed by atoms with E-state index in [1.54, 1.807) is 48.5 Å². The molecule has 1 saturated heterocycles. The predicted octanol–water partition coefficient (Wildman–Crippen LogP) is 2.78. The lowest BCUT2D eigenvalue weighted by Gasteiger charge is -2.24. The minimum Gasteiger partial charge on any atom is -0.207 e. The van der Waals surface area contributed by atoms with E-state index in [0.717, 1.165) is 24.0 Å². The molecule has 4 rings (SSSR count). The molecule has 0 N–H and O–H groups in total. The first-order valence-electron chi connectivity index (χ1n) is 9.76. The molecule has 2 aromatic carbocycles. The van der Waals surface area contributed by atoms with Crippen LogP contribution in [0.2, 0.25) is 0 Å². The van der Waals surface area contributed by atoms with Crippen LogP contribution in [-0.4, -0.2) is 51.6 Å². The van der Waals surface area contributed by atoms with E-state index < -0.39 is 20.0 Å². The minimum atomic E-state index is -3.66. The molecule has 2 fully saturated rings. The largest absolute Gasteiger partial charge is 0.243 e. The van der Waals surface area contributed by atoms with Crippen molar-refractivity contribution in [3.63, 3.8) is 0 Å². The number of benzene rings is 2. The molecular weight excluding hydrogens is 408 g/mol. The van der Waals surface area contributed by atoms with Crippen molar-refractivity contribution in [2.75, 3.05) is 26.2 Å². The monoisotopic (exact) mass is 434 g/mol. The van der Waals surface area contributed by atoms with E-state index in [1.807, 2.05) is 13.8 Å². The maximum absolute atomic E-state index is 13.2. The van der Waals surface area contributed by atoms with E-state index >= 15 is 0 Å². The van der Waals surface area contributed by atoms with Crippen molar-refractivity contribution < 1.29 is 16.8 Å². The highest BCUT2D eigenvalue weighted by atomic mass is 32.2. The van der Waals surface area contributed by atoms with Crippen molar-refractivity contribution in [3.05, 3.63) is 59.7 Å². The van der Waals surface area contributed by atoms with Gasteiger partial charge >= 0.3 is 0 Å². The Morgan fingerprint density at radius 2 is 1.00 bits per heavy atom. The SMILES string of the molecule is Cc1ccc(S(=O)(=O)N2CCN(S(=O)(=O)c3ccc(C)cc3)CC3(CC3)C2)cc1. The fraction of sp³-hybridized carbons (Fsp3) is 0.429. The molecule has 1 aliphatic heterocycles. The first kappa shape index (κ1) is 20.5. The van der Waals surface area contributed by atoms with Gasteiger partial charge in [-0.05, 0) is 56.4 Å². The van der Waals surface area contributed by atoms with Gasteiger partial charge in [0.15, 0.2) is 0 Å². The fourth-order valence-corrected chi connectivity index (χ4v) is 6.89. The number of hydrogen-bond acceptors (Lipinski definition) is 4. The van der Waals surface area contributed by atoms with E-state index in [2.05, 4.69) is 0 Å². The van der Waals surface area contributed by atoms with Crippen molar-refractivity contribution in [2.24, 2.45) is 5.41 Å². The Balaban J connectivity index is 1.62. The summed E-state index contributed by atoms with van der Waals surface area (Å²) in [5.74, 6) is 0. The van der Waals surface area contributed by atoms with Gasteiger partial charge in [-0.1, -0.05) is 35.4 Å². The molecule has 1 aliphatic carbocycles. The smallest absolute Gasteiger partial charge is 0.207 e. The van der Waals surface area contributed by atoms with Gasteiger partial charge in [0.1, 0.15) is 0 Å². The van der Waals surface area contributed by atoms with Gasteiger partial charge in [-0.2, -0.15) is 8.61 Å². The van der Waals surface area contributed by atoms with Gasteiger partial charge in [0.05, 0.1) is 9.79 Å². The summed E-state index contributed by atoms with van der Waals surface area (Å²) in [6.45, 7) is 4.86. The summed E-state index contributed by atoms with van der Waals surface area (Å²) < 4.78 is 55.7. The van der Waals surface area contributed by atoms with Crippen LogP contribution < -0.4 is 0 Å². The van der Waals surface area contributed by atoms with Crippen LogP contribution in [0.15, 0.2) is 58.3 Å². The standard InChI is InChI=1S/C21H26N2O4S2/c1-17-3-7-19(8-4-17)28(24,25)22-13-14-23(16-21(15-22)11-12-21)29(26,27)20-9-5-18(2)6-10-20/h3-10H,11-16H2,1-2H3. The molecule has 6 nitrogen and oxygen atoms in total. The molecule has 156 valence electrons. The van der Waals surface area contributed by atoms with Gasteiger partial charge in [0.2, 0.25) is 20.0 Å². The second-order valence-corrected chi connectivity index (χ2v) is 12.2. The van der Waals surface area contributed by atoms with Crippen LogP contribution in [0.3, 0.4) is 0 Å². The van der Waals surface area contributed by atoms with E-state index in [0.29, 0.717) is 13.1 Å². The van der Waals surface area contributed by atoms with Gasteiger partial charge in [-0.3, -0.25) is 0 Å². The minimum absolute atomic E-state index is 0.156. The lowest BCUT2D eigenvalue weighted by molar-refractivity contribution is 0.344. The van der Waals surface area contributed by atoms with Crippen LogP contribution in [0, 0.1) is 19.3 Å². The number of hydrogen-bond donors (Lipinski definition) is 0. The Morgan fingerprint density at radius 3 is 1.31 bits per heavy atom. The highest BCUT2D eigenvalue weighted by molar-refractivity contribution is 7.89. The summed E-state index contributed by atoms with van der Waals surface area (Å²) in [6, 6.07) is 13.6. The number of aryl methyl sites for hydroxylation is 2. The molecule has 0 aromatic heterocycles. The van der Waals surface area contributed by atoms with E-state index in [-0.39, 0.29) is 28.3 Å². The average molecular weight is 435 g/mol. The van der Waals surface area contributed by atoms with E-state index in [9.17, 15) is 16.8 Å². The molecule has 29 heavy (non-hydrogen) atoms. The third kappa shape index (κ3) is 3.99. The van der Waals surface area contributed by atoms with Crippen LogP contribution in [-0.2, 0) is 20.0 Å². The summed E-state index contributed by atoms with van der Waals surface area (Å²) in [6.07, 6.45) is 1.68. The van der Waals surface area contributed by atoms with Gasteiger partial charge in [0.25, 0.3) is 0 Å².